The van der Waals surface area contributed by atoms with Crippen LogP contribution in [-0.4, -0.2) is 24.4 Å². The summed E-state index contributed by atoms with van der Waals surface area (Å²) in [7, 11) is -3.48. The number of pyridine rings is 1. The maximum atomic E-state index is 12.3. The molecule has 0 amide bonds. The highest BCUT2D eigenvalue weighted by Crippen LogP contribution is 2.31. The lowest BCUT2D eigenvalue weighted by Gasteiger charge is -2.08. The molecule has 4 aromatic rings. The zero-order chi connectivity index (χ0) is 20.0. The Labute approximate surface area is 167 Å². The molecule has 0 atom stereocenters. The third kappa shape index (κ3) is 3.48. The Kier molecular flexibility index (Phi) is 4.11. The van der Waals surface area contributed by atoms with E-state index >= 15 is 0 Å². The molecular formula is C21H18N4O3S. The van der Waals surface area contributed by atoms with Gasteiger partial charge in [-0.1, -0.05) is 24.3 Å². The molecule has 29 heavy (non-hydrogen) atoms. The van der Waals surface area contributed by atoms with Crippen LogP contribution in [0.25, 0.3) is 33.7 Å². The minimum absolute atomic E-state index is 0.0693. The number of fused-ring (bicyclic) bond motifs is 1. The van der Waals surface area contributed by atoms with Crippen molar-refractivity contribution in [3.63, 3.8) is 0 Å². The van der Waals surface area contributed by atoms with Crippen molar-refractivity contribution in [3.8, 4) is 22.6 Å². The van der Waals surface area contributed by atoms with Crippen molar-refractivity contribution in [2.24, 2.45) is 0 Å². The summed E-state index contributed by atoms with van der Waals surface area (Å²) in [5, 5.41) is 0. The van der Waals surface area contributed by atoms with Crippen molar-refractivity contribution in [1.29, 1.82) is 0 Å². The number of rotatable bonds is 5. The van der Waals surface area contributed by atoms with Gasteiger partial charge in [-0.15, -0.1) is 0 Å². The topological polar surface area (TPSA) is 111 Å². The second-order valence-electron chi connectivity index (χ2n) is 7.06. The molecule has 2 aromatic heterocycles. The SMILES string of the molecule is Nc1ncc(-c2ccc(S(=O)(=O)NC3CC3)cc2)cc1-c1nc2ccccc2o1. The van der Waals surface area contributed by atoms with Gasteiger partial charge in [-0.25, -0.2) is 23.1 Å². The van der Waals surface area contributed by atoms with Gasteiger partial charge in [0.2, 0.25) is 15.9 Å². The van der Waals surface area contributed by atoms with E-state index in [1.807, 2.05) is 30.3 Å². The Balaban J connectivity index is 1.49. The molecule has 7 nitrogen and oxygen atoms in total. The van der Waals surface area contributed by atoms with E-state index < -0.39 is 10.0 Å². The Hall–Kier alpha value is -3.23. The summed E-state index contributed by atoms with van der Waals surface area (Å²) in [4.78, 5) is 9.00. The Bertz CT molecular complexity index is 1280. The molecule has 1 aliphatic rings. The summed E-state index contributed by atoms with van der Waals surface area (Å²) in [6.45, 7) is 0. The van der Waals surface area contributed by atoms with E-state index in [0.717, 1.165) is 29.5 Å². The van der Waals surface area contributed by atoms with Gasteiger partial charge in [0.1, 0.15) is 11.3 Å². The zero-order valence-corrected chi connectivity index (χ0v) is 16.2. The number of sulfonamides is 1. The van der Waals surface area contributed by atoms with Gasteiger partial charge in [-0.3, -0.25) is 0 Å². The Morgan fingerprint density at radius 2 is 1.79 bits per heavy atom. The summed E-state index contributed by atoms with van der Waals surface area (Å²) in [5.74, 6) is 0.707. The maximum Gasteiger partial charge on any atom is 0.240 e. The highest BCUT2D eigenvalue weighted by molar-refractivity contribution is 7.89. The van der Waals surface area contributed by atoms with E-state index in [-0.39, 0.29) is 10.9 Å². The number of nitrogen functional groups attached to an aromatic ring is 1. The largest absolute Gasteiger partial charge is 0.436 e. The molecule has 1 saturated carbocycles. The van der Waals surface area contributed by atoms with Crippen LogP contribution in [0, 0.1) is 0 Å². The molecule has 2 aromatic carbocycles. The summed E-state index contributed by atoms with van der Waals surface area (Å²) >= 11 is 0. The van der Waals surface area contributed by atoms with E-state index in [9.17, 15) is 8.42 Å². The lowest BCUT2D eigenvalue weighted by Crippen LogP contribution is -2.25. The van der Waals surface area contributed by atoms with E-state index in [2.05, 4.69) is 14.7 Å². The molecule has 2 heterocycles. The van der Waals surface area contributed by atoms with Gasteiger partial charge in [0.15, 0.2) is 5.58 Å². The van der Waals surface area contributed by atoms with Crippen LogP contribution in [0.4, 0.5) is 5.82 Å². The first-order chi connectivity index (χ1) is 14.0. The average Bonchev–Trinajstić information content (AvgIpc) is 3.42. The minimum Gasteiger partial charge on any atom is -0.436 e. The van der Waals surface area contributed by atoms with Crippen LogP contribution in [0.15, 0.2) is 70.1 Å². The first kappa shape index (κ1) is 17.8. The van der Waals surface area contributed by atoms with Gasteiger partial charge in [0.05, 0.1) is 10.5 Å². The van der Waals surface area contributed by atoms with Gasteiger partial charge in [-0.05, 0) is 48.7 Å². The van der Waals surface area contributed by atoms with Gasteiger partial charge >= 0.3 is 0 Å². The van der Waals surface area contributed by atoms with E-state index in [4.69, 9.17) is 10.2 Å². The van der Waals surface area contributed by atoms with E-state index in [0.29, 0.717) is 22.9 Å². The molecular weight excluding hydrogens is 388 g/mol. The molecule has 0 unspecified atom stereocenters. The van der Waals surface area contributed by atoms with Gasteiger partial charge < -0.3 is 10.2 Å². The second kappa shape index (κ2) is 6.68. The summed E-state index contributed by atoms with van der Waals surface area (Å²) in [6.07, 6.45) is 3.44. The van der Waals surface area contributed by atoms with Crippen LogP contribution in [0.2, 0.25) is 0 Å². The molecule has 8 heteroatoms. The molecule has 0 bridgehead atoms. The Morgan fingerprint density at radius 3 is 2.52 bits per heavy atom. The fraction of sp³-hybridized carbons (Fsp3) is 0.143. The molecule has 146 valence electrons. The lowest BCUT2D eigenvalue weighted by atomic mass is 10.1. The van der Waals surface area contributed by atoms with E-state index in [1.54, 1.807) is 30.5 Å². The van der Waals surface area contributed by atoms with Crippen molar-refractivity contribution in [3.05, 3.63) is 60.8 Å². The quantitative estimate of drug-likeness (QED) is 0.524. The summed E-state index contributed by atoms with van der Waals surface area (Å²) in [5.41, 5.74) is 9.66. The average molecular weight is 406 g/mol. The normalized spacial score (nSPS) is 14.3. The van der Waals surface area contributed by atoms with Crippen LogP contribution in [-0.2, 0) is 10.0 Å². The summed E-state index contributed by atoms with van der Waals surface area (Å²) < 4.78 is 33.2. The molecule has 3 N–H and O–H groups in total. The minimum atomic E-state index is -3.48. The highest BCUT2D eigenvalue weighted by Gasteiger charge is 2.27. The first-order valence-electron chi connectivity index (χ1n) is 9.24. The molecule has 0 radical (unpaired) electrons. The number of hydrogen-bond acceptors (Lipinski definition) is 6. The standard InChI is InChI=1S/C21H18N4O3S/c22-20-17(21-24-18-3-1-2-4-19(18)28-21)11-14(12-23-20)13-5-9-16(10-6-13)29(26,27)25-15-7-8-15/h1-6,9-12,15,25H,7-8H2,(H2,22,23). The third-order valence-corrected chi connectivity index (χ3v) is 6.38. The fourth-order valence-corrected chi connectivity index (χ4v) is 4.41. The van der Waals surface area contributed by atoms with Gasteiger partial charge in [-0.2, -0.15) is 0 Å². The number of nitrogens with one attached hydrogen (secondary N) is 1. The second-order valence-corrected chi connectivity index (χ2v) is 8.78. The maximum absolute atomic E-state index is 12.3. The third-order valence-electron chi connectivity index (χ3n) is 4.84. The van der Waals surface area contributed by atoms with E-state index in [1.165, 1.54) is 0 Å². The van der Waals surface area contributed by atoms with Crippen LogP contribution in [0.5, 0.6) is 0 Å². The molecule has 1 fully saturated rings. The molecule has 0 spiro atoms. The van der Waals surface area contributed by atoms with Crippen molar-refractivity contribution in [2.75, 3.05) is 5.73 Å². The first-order valence-corrected chi connectivity index (χ1v) is 10.7. The van der Waals surface area contributed by atoms with Crippen molar-refractivity contribution >= 4 is 26.9 Å². The zero-order valence-electron chi connectivity index (χ0n) is 15.4. The predicted octanol–water partition coefficient (Wildman–Crippen LogP) is 3.58. The van der Waals surface area contributed by atoms with Crippen LogP contribution < -0.4 is 10.5 Å². The van der Waals surface area contributed by atoms with Crippen LogP contribution >= 0.6 is 0 Å². The number of nitrogens with two attached hydrogens (primary N) is 1. The number of nitrogens with zero attached hydrogens (tertiary/aromatic N) is 2. The summed E-state index contributed by atoms with van der Waals surface area (Å²) in [6, 6.07) is 16.1. The smallest absolute Gasteiger partial charge is 0.240 e. The molecule has 1 aliphatic carbocycles. The van der Waals surface area contributed by atoms with Crippen molar-refractivity contribution in [2.45, 2.75) is 23.8 Å². The van der Waals surface area contributed by atoms with Gasteiger partial charge in [0, 0.05) is 17.8 Å². The fourth-order valence-electron chi connectivity index (χ4n) is 3.11. The van der Waals surface area contributed by atoms with Crippen molar-refractivity contribution < 1.29 is 12.8 Å². The molecule has 0 saturated heterocycles. The number of para-hydroxylation sites is 2. The number of benzene rings is 2. The number of hydrogen-bond donors (Lipinski definition) is 2. The highest BCUT2D eigenvalue weighted by atomic mass is 32.2. The van der Waals surface area contributed by atoms with Gasteiger partial charge in [0.25, 0.3) is 0 Å². The monoisotopic (exact) mass is 406 g/mol. The number of oxazole rings is 1. The number of aromatic nitrogens is 2. The molecule has 0 aliphatic heterocycles. The van der Waals surface area contributed by atoms with Crippen LogP contribution in [0.1, 0.15) is 12.8 Å². The molecule has 5 rings (SSSR count). The number of anilines is 1. The Morgan fingerprint density at radius 1 is 1.03 bits per heavy atom. The van der Waals surface area contributed by atoms with Crippen LogP contribution in [0.3, 0.4) is 0 Å². The van der Waals surface area contributed by atoms with Crippen molar-refractivity contribution in [1.82, 2.24) is 14.7 Å². The predicted molar refractivity (Wildman–Crippen MR) is 110 cm³/mol. The lowest BCUT2D eigenvalue weighted by molar-refractivity contribution is 0.581.